The molecule has 3 heteroatoms. The summed E-state index contributed by atoms with van der Waals surface area (Å²) < 4.78 is 0. The van der Waals surface area contributed by atoms with Crippen molar-refractivity contribution in [3.63, 3.8) is 0 Å². The third kappa shape index (κ3) is 1.19. The van der Waals surface area contributed by atoms with E-state index < -0.39 is 0 Å². The molecule has 15 heavy (non-hydrogen) atoms. The molecule has 0 saturated carbocycles. The van der Waals surface area contributed by atoms with Gasteiger partial charge in [-0.15, -0.1) is 0 Å². The van der Waals surface area contributed by atoms with E-state index in [1.54, 1.807) is 0 Å². The van der Waals surface area contributed by atoms with Crippen LogP contribution in [0.4, 0.5) is 0 Å². The molecule has 2 atom stereocenters. The van der Waals surface area contributed by atoms with Gasteiger partial charge in [0.1, 0.15) is 0 Å². The summed E-state index contributed by atoms with van der Waals surface area (Å²) in [6, 6.07) is 0.388. The maximum absolute atomic E-state index is 4.26. The quantitative estimate of drug-likeness (QED) is 0.579. The Morgan fingerprint density at radius 1 is 1.47 bits per heavy atom. The second-order valence-electron chi connectivity index (χ2n) is 3.99. The topological polar surface area (TPSA) is 28.0 Å². The molecule has 0 aromatic carbocycles. The fourth-order valence-electron chi connectivity index (χ4n) is 2.44. The van der Waals surface area contributed by atoms with Crippen molar-refractivity contribution >= 4 is 12.4 Å². The summed E-state index contributed by atoms with van der Waals surface area (Å²) in [5.74, 6) is 0.447. The molecule has 0 N–H and O–H groups in total. The van der Waals surface area contributed by atoms with E-state index in [0.29, 0.717) is 12.0 Å². The second-order valence-corrected chi connectivity index (χ2v) is 3.99. The smallest absolute Gasteiger partial charge is 0.0745 e. The average molecular weight is 199 g/mol. The van der Waals surface area contributed by atoms with Gasteiger partial charge in [-0.3, -0.25) is 9.98 Å². The molecular weight excluding hydrogens is 186 g/mol. The van der Waals surface area contributed by atoms with Crippen LogP contribution in [0, 0.1) is 5.92 Å². The highest BCUT2D eigenvalue weighted by Crippen LogP contribution is 2.38. The number of aliphatic imine (C=N–C) groups is 2. The van der Waals surface area contributed by atoms with Gasteiger partial charge in [0.05, 0.1) is 12.6 Å². The molecule has 3 aliphatic heterocycles. The minimum Gasteiger partial charge on any atom is -0.366 e. The Hall–Kier alpha value is -1.64. The molecule has 1 fully saturated rings. The zero-order chi connectivity index (χ0) is 10.3. The van der Waals surface area contributed by atoms with Crippen LogP contribution in [0.15, 0.2) is 45.7 Å². The summed E-state index contributed by atoms with van der Waals surface area (Å²) in [7, 11) is 2.13. The van der Waals surface area contributed by atoms with Gasteiger partial charge in [0.25, 0.3) is 0 Å². The van der Waals surface area contributed by atoms with Crippen LogP contribution < -0.4 is 0 Å². The standard InChI is InChI=1S/C12H13N3/c1-15-11-4-7-13-5-2-9(11)10-3-6-14-8-12(10)15/h2-6,8,10,12H,7H2,1H3. The van der Waals surface area contributed by atoms with E-state index in [0.717, 1.165) is 6.54 Å². The SMILES string of the molecule is CN1C2=CCN=CC=C2C2C=CN=CC21. The highest BCUT2D eigenvalue weighted by molar-refractivity contribution is 5.79. The first-order valence-corrected chi connectivity index (χ1v) is 5.21. The highest BCUT2D eigenvalue weighted by atomic mass is 15.2. The Balaban J connectivity index is 2.10. The lowest BCUT2D eigenvalue weighted by Crippen LogP contribution is -2.30. The van der Waals surface area contributed by atoms with Gasteiger partial charge in [0, 0.05) is 37.3 Å². The van der Waals surface area contributed by atoms with Gasteiger partial charge in [0.15, 0.2) is 0 Å². The Kier molecular flexibility index (Phi) is 1.84. The zero-order valence-electron chi connectivity index (χ0n) is 8.67. The van der Waals surface area contributed by atoms with Gasteiger partial charge in [-0.2, -0.15) is 0 Å². The normalized spacial score (nSPS) is 31.9. The number of fused-ring (bicyclic) bond motifs is 3. The lowest BCUT2D eigenvalue weighted by molar-refractivity contribution is 0.402. The van der Waals surface area contributed by atoms with E-state index in [1.807, 2.05) is 18.6 Å². The average Bonchev–Trinajstić information content (AvgIpc) is 2.48. The molecular formula is C12H13N3. The fourth-order valence-corrected chi connectivity index (χ4v) is 2.44. The van der Waals surface area contributed by atoms with E-state index in [-0.39, 0.29) is 0 Å². The molecule has 0 radical (unpaired) electrons. The maximum Gasteiger partial charge on any atom is 0.0745 e. The first-order valence-electron chi connectivity index (χ1n) is 5.21. The Labute approximate surface area is 89.2 Å². The van der Waals surface area contributed by atoms with Gasteiger partial charge in [-0.05, 0) is 17.7 Å². The molecule has 2 unspecified atom stereocenters. The van der Waals surface area contributed by atoms with Crippen LogP contribution >= 0.6 is 0 Å². The first-order chi connectivity index (χ1) is 7.38. The number of rotatable bonds is 0. The molecule has 0 aromatic heterocycles. The summed E-state index contributed by atoms with van der Waals surface area (Å²) in [6.45, 7) is 0.778. The molecule has 0 spiro atoms. The van der Waals surface area contributed by atoms with Crippen LogP contribution in [0.5, 0.6) is 0 Å². The molecule has 3 nitrogen and oxygen atoms in total. The van der Waals surface area contributed by atoms with E-state index >= 15 is 0 Å². The number of hydrogen-bond donors (Lipinski definition) is 0. The van der Waals surface area contributed by atoms with Crippen LogP contribution in [0.1, 0.15) is 0 Å². The van der Waals surface area contributed by atoms with Crippen molar-refractivity contribution in [2.75, 3.05) is 13.6 Å². The van der Waals surface area contributed by atoms with Gasteiger partial charge in [-0.1, -0.05) is 6.08 Å². The van der Waals surface area contributed by atoms with Gasteiger partial charge < -0.3 is 4.90 Å². The zero-order valence-corrected chi connectivity index (χ0v) is 8.67. The summed E-state index contributed by atoms with van der Waals surface area (Å²) in [6.07, 6.45) is 12.3. The van der Waals surface area contributed by atoms with Crippen LogP contribution in [0.2, 0.25) is 0 Å². The summed E-state index contributed by atoms with van der Waals surface area (Å²) >= 11 is 0. The Morgan fingerprint density at radius 2 is 2.40 bits per heavy atom. The van der Waals surface area contributed by atoms with Gasteiger partial charge in [0.2, 0.25) is 0 Å². The van der Waals surface area contributed by atoms with E-state index in [4.69, 9.17) is 0 Å². The first kappa shape index (κ1) is 8.65. The minimum atomic E-state index is 0.388. The van der Waals surface area contributed by atoms with Crippen LogP contribution in [-0.4, -0.2) is 37.0 Å². The summed E-state index contributed by atoms with van der Waals surface area (Å²) in [5.41, 5.74) is 2.67. The molecule has 1 saturated heterocycles. The second kappa shape index (κ2) is 3.19. The predicted molar refractivity (Wildman–Crippen MR) is 62.2 cm³/mol. The van der Waals surface area contributed by atoms with Crippen molar-refractivity contribution in [3.8, 4) is 0 Å². The van der Waals surface area contributed by atoms with E-state index in [1.165, 1.54) is 11.3 Å². The van der Waals surface area contributed by atoms with Crippen molar-refractivity contribution in [3.05, 3.63) is 35.7 Å². The molecule has 0 aromatic rings. The van der Waals surface area contributed by atoms with Crippen molar-refractivity contribution < 1.29 is 0 Å². The van der Waals surface area contributed by atoms with Crippen molar-refractivity contribution in [1.82, 2.24) is 4.90 Å². The molecule has 0 aliphatic carbocycles. The number of likely N-dealkylation sites (tertiary alicyclic amines) is 1. The van der Waals surface area contributed by atoms with E-state index in [9.17, 15) is 0 Å². The van der Waals surface area contributed by atoms with Crippen LogP contribution in [-0.2, 0) is 0 Å². The number of nitrogens with zero attached hydrogens (tertiary/aromatic N) is 3. The summed E-state index contributed by atoms with van der Waals surface area (Å²) in [5, 5.41) is 0. The molecule has 76 valence electrons. The Morgan fingerprint density at radius 3 is 3.33 bits per heavy atom. The number of likely N-dealkylation sites (N-methyl/N-ethyl adjacent to an activating group) is 1. The third-order valence-corrected chi connectivity index (χ3v) is 3.22. The molecule has 3 aliphatic rings. The largest absolute Gasteiger partial charge is 0.366 e. The van der Waals surface area contributed by atoms with Gasteiger partial charge in [-0.25, -0.2) is 0 Å². The lowest BCUT2D eigenvalue weighted by Gasteiger charge is -2.22. The summed E-state index contributed by atoms with van der Waals surface area (Å²) in [4.78, 5) is 10.8. The van der Waals surface area contributed by atoms with Gasteiger partial charge >= 0.3 is 0 Å². The number of hydrogen-bond acceptors (Lipinski definition) is 3. The van der Waals surface area contributed by atoms with Crippen molar-refractivity contribution in [2.24, 2.45) is 15.9 Å². The fraction of sp³-hybridized carbons (Fsp3) is 0.333. The van der Waals surface area contributed by atoms with E-state index in [2.05, 4.69) is 40.2 Å². The molecule has 3 heterocycles. The highest BCUT2D eigenvalue weighted by Gasteiger charge is 2.37. The molecule has 0 amide bonds. The third-order valence-electron chi connectivity index (χ3n) is 3.22. The predicted octanol–water partition coefficient (Wildman–Crippen LogP) is 1.41. The molecule has 3 rings (SSSR count). The number of allylic oxidation sites excluding steroid dienone is 2. The maximum atomic E-state index is 4.26. The Bertz CT molecular complexity index is 426. The minimum absolute atomic E-state index is 0.388. The van der Waals surface area contributed by atoms with Crippen molar-refractivity contribution in [1.29, 1.82) is 0 Å². The monoisotopic (exact) mass is 199 g/mol. The van der Waals surface area contributed by atoms with Crippen LogP contribution in [0.25, 0.3) is 0 Å². The van der Waals surface area contributed by atoms with Crippen LogP contribution in [0.3, 0.4) is 0 Å². The van der Waals surface area contributed by atoms with Crippen molar-refractivity contribution in [2.45, 2.75) is 6.04 Å². The lowest BCUT2D eigenvalue weighted by atomic mass is 9.94. The molecule has 0 bridgehead atoms.